The number of nitrogens with one attached hydrogen (secondary N) is 1. The van der Waals surface area contributed by atoms with E-state index >= 15 is 4.39 Å². The maximum absolute atomic E-state index is 15.1. The molecule has 0 aromatic heterocycles. The van der Waals surface area contributed by atoms with Gasteiger partial charge < -0.3 is 20.9 Å². The molecule has 2 heterocycles. The predicted molar refractivity (Wildman–Crippen MR) is 128 cm³/mol. The fourth-order valence-electron chi connectivity index (χ4n) is 4.68. The second kappa shape index (κ2) is 9.27. The lowest BCUT2D eigenvalue weighted by Crippen LogP contribution is -2.43. The number of likely N-dealkylation sites (tertiary alicyclic amines) is 1. The van der Waals surface area contributed by atoms with Crippen LogP contribution in [-0.4, -0.2) is 53.7 Å². The molecule has 2 aromatic carbocycles. The Morgan fingerprint density at radius 3 is 2.71 bits per heavy atom. The van der Waals surface area contributed by atoms with Crippen LogP contribution < -0.4 is 11.1 Å². The molecule has 0 unspecified atom stereocenters. The quantitative estimate of drug-likeness (QED) is 0.465. The molecule has 2 aliphatic rings. The first-order valence-electron chi connectivity index (χ1n) is 10.7. The lowest BCUT2D eigenvalue weighted by Gasteiger charge is -2.34. The van der Waals surface area contributed by atoms with Gasteiger partial charge in [-0.25, -0.2) is 4.39 Å². The Labute approximate surface area is 206 Å². The first-order valence-corrected chi connectivity index (χ1v) is 11.4. The number of amides is 3. The summed E-state index contributed by atoms with van der Waals surface area (Å²) >= 11 is 12.7. The van der Waals surface area contributed by atoms with Gasteiger partial charge >= 0.3 is 0 Å². The minimum absolute atomic E-state index is 0.0590. The van der Waals surface area contributed by atoms with Crippen molar-refractivity contribution < 1.29 is 18.8 Å². The van der Waals surface area contributed by atoms with E-state index in [9.17, 15) is 14.4 Å². The number of carbonyl (C=O) groups excluding carboxylic acids is 3. The van der Waals surface area contributed by atoms with E-state index in [2.05, 4.69) is 11.9 Å². The van der Waals surface area contributed by atoms with Crippen LogP contribution in [0.2, 0.25) is 10.0 Å². The standard InChI is InChI=1S/C24H23Cl2FN4O3/c1-2-20(33)31-10-8-24(13-31,21-18(27)6-5-17(25)22(21)26)29-15-4-3-14-7-9-30(12-19(28)32)23(34)16(14)11-15/h2-6,11,29H,1,7-10,12-13H2,(H2,28,32)/t24-/m1/s1. The Bertz CT molecular complexity index is 1200. The molecule has 0 aliphatic carbocycles. The molecule has 0 saturated carbocycles. The van der Waals surface area contributed by atoms with Crippen LogP contribution in [-0.2, 0) is 21.5 Å². The molecular weight excluding hydrogens is 482 g/mol. The van der Waals surface area contributed by atoms with Gasteiger partial charge in [0.2, 0.25) is 11.8 Å². The summed E-state index contributed by atoms with van der Waals surface area (Å²) in [6.07, 6.45) is 2.13. The summed E-state index contributed by atoms with van der Waals surface area (Å²) in [5, 5.41) is 3.59. The van der Waals surface area contributed by atoms with Crippen LogP contribution in [0.1, 0.15) is 27.9 Å². The predicted octanol–water partition coefficient (Wildman–Crippen LogP) is 3.34. The molecule has 0 spiro atoms. The normalized spacial score (nSPS) is 19.7. The number of hydrogen-bond acceptors (Lipinski definition) is 4. The SMILES string of the molecule is C=CC(=O)N1CC[C@](Nc2ccc3c(c2)C(=O)N(CC(N)=O)CC3)(c2c(F)ccc(Cl)c2Cl)C1. The molecule has 3 N–H and O–H groups in total. The van der Waals surface area contributed by atoms with Gasteiger partial charge in [0, 0.05) is 36.4 Å². The second-order valence-corrected chi connectivity index (χ2v) is 9.24. The number of hydrogen-bond donors (Lipinski definition) is 2. The van der Waals surface area contributed by atoms with Crippen LogP contribution in [0, 0.1) is 5.82 Å². The van der Waals surface area contributed by atoms with E-state index in [4.69, 9.17) is 28.9 Å². The highest BCUT2D eigenvalue weighted by atomic mass is 35.5. The van der Waals surface area contributed by atoms with E-state index in [0.29, 0.717) is 37.2 Å². The molecule has 34 heavy (non-hydrogen) atoms. The average molecular weight is 505 g/mol. The van der Waals surface area contributed by atoms with Gasteiger partial charge in [0.05, 0.1) is 22.1 Å². The number of rotatable bonds is 6. The summed E-state index contributed by atoms with van der Waals surface area (Å²) in [5.74, 6) is -1.74. The number of nitrogens with zero attached hydrogens (tertiary/aromatic N) is 2. The zero-order valence-corrected chi connectivity index (χ0v) is 19.8. The highest BCUT2D eigenvalue weighted by molar-refractivity contribution is 6.42. The maximum Gasteiger partial charge on any atom is 0.254 e. The molecule has 2 aliphatic heterocycles. The fraction of sp³-hybridized carbons (Fsp3) is 0.292. The largest absolute Gasteiger partial charge is 0.374 e. The smallest absolute Gasteiger partial charge is 0.254 e. The third kappa shape index (κ3) is 4.35. The van der Waals surface area contributed by atoms with Crippen molar-refractivity contribution in [3.63, 3.8) is 0 Å². The molecule has 1 fully saturated rings. The molecule has 10 heteroatoms. The van der Waals surface area contributed by atoms with Crippen LogP contribution >= 0.6 is 23.2 Å². The van der Waals surface area contributed by atoms with Gasteiger partial charge in [0.25, 0.3) is 5.91 Å². The van der Waals surface area contributed by atoms with Gasteiger partial charge in [0.15, 0.2) is 0 Å². The van der Waals surface area contributed by atoms with E-state index in [0.717, 1.165) is 5.56 Å². The first kappa shape index (κ1) is 24.0. The number of carbonyl (C=O) groups is 3. The van der Waals surface area contributed by atoms with Crippen molar-refractivity contribution >= 4 is 46.6 Å². The molecule has 2 aromatic rings. The molecule has 0 radical (unpaired) electrons. The van der Waals surface area contributed by atoms with Crippen LogP contribution in [0.4, 0.5) is 10.1 Å². The van der Waals surface area contributed by atoms with Crippen molar-refractivity contribution in [2.45, 2.75) is 18.4 Å². The van der Waals surface area contributed by atoms with E-state index in [-0.39, 0.29) is 40.5 Å². The number of primary amides is 1. The van der Waals surface area contributed by atoms with E-state index in [1.54, 1.807) is 17.0 Å². The maximum atomic E-state index is 15.1. The Balaban J connectivity index is 1.75. The summed E-state index contributed by atoms with van der Waals surface area (Å²) in [6.45, 7) is 4.23. The van der Waals surface area contributed by atoms with Crippen LogP contribution in [0.5, 0.6) is 0 Å². The van der Waals surface area contributed by atoms with E-state index < -0.39 is 17.3 Å². The van der Waals surface area contributed by atoms with Crippen molar-refractivity contribution in [1.82, 2.24) is 9.80 Å². The summed E-state index contributed by atoms with van der Waals surface area (Å²) in [5.41, 5.74) is 6.14. The number of nitrogens with two attached hydrogens (primary N) is 1. The third-order valence-electron chi connectivity index (χ3n) is 6.29. The molecule has 0 bridgehead atoms. The van der Waals surface area contributed by atoms with Crippen molar-refractivity contribution in [2.24, 2.45) is 5.73 Å². The monoisotopic (exact) mass is 504 g/mol. The molecule has 178 valence electrons. The van der Waals surface area contributed by atoms with Gasteiger partial charge in [0.1, 0.15) is 5.82 Å². The number of benzene rings is 2. The third-order valence-corrected chi connectivity index (χ3v) is 7.09. The Morgan fingerprint density at radius 2 is 2.00 bits per heavy atom. The highest BCUT2D eigenvalue weighted by Crippen LogP contribution is 2.43. The molecular formula is C24H23Cl2FN4O3. The summed E-state index contributed by atoms with van der Waals surface area (Å²) in [6, 6.07) is 7.90. The Kier molecular flexibility index (Phi) is 6.55. The van der Waals surface area contributed by atoms with Gasteiger partial charge in [-0.05, 0) is 48.7 Å². The highest BCUT2D eigenvalue weighted by Gasteiger charge is 2.44. The minimum Gasteiger partial charge on any atom is -0.374 e. The van der Waals surface area contributed by atoms with Crippen molar-refractivity contribution in [3.05, 3.63) is 75.5 Å². The van der Waals surface area contributed by atoms with E-state index in [1.165, 1.54) is 23.1 Å². The zero-order chi connectivity index (χ0) is 24.6. The number of fused-ring (bicyclic) bond motifs is 1. The van der Waals surface area contributed by atoms with Gasteiger partial charge in [-0.3, -0.25) is 14.4 Å². The van der Waals surface area contributed by atoms with Crippen LogP contribution in [0.3, 0.4) is 0 Å². The molecule has 3 amide bonds. The minimum atomic E-state index is -1.09. The number of anilines is 1. The first-order chi connectivity index (χ1) is 16.1. The molecule has 1 atom stereocenters. The van der Waals surface area contributed by atoms with Crippen molar-refractivity contribution in [1.29, 1.82) is 0 Å². The van der Waals surface area contributed by atoms with Crippen LogP contribution in [0.15, 0.2) is 43.0 Å². The van der Waals surface area contributed by atoms with Crippen molar-refractivity contribution in [3.8, 4) is 0 Å². The Hall–Kier alpha value is -3.10. The topological polar surface area (TPSA) is 95.7 Å². The molecule has 1 saturated heterocycles. The van der Waals surface area contributed by atoms with Gasteiger partial charge in [-0.15, -0.1) is 0 Å². The van der Waals surface area contributed by atoms with Crippen molar-refractivity contribution in [2.75, 3.05) is 31.5 Å². The summed E-state index contributed by atoms with van der Waals surface area (Å²) in [4.78, 5) is 39.6. The molecule has 4 rings (SSSR count). The lowest BCUT2D eigenvalue weighted by molar-refractivity contribution is -0.125. The second-order valence-electron chi connectivity index (χ2n) is 8.45. The Morgan fingerprint density at radius 1 is 1.24 bits per heavy atom. The zero-order valence-electron chi connectivity index (χ0n) is 18.2. The molecule has 7 nitrogen and oxygen atoms in total. The lowest BCUT2D eigenvalue weighted by atomic mass is 9.87. The summed E-state index contributed by atoms with van der Waals surface area (Å²) < 4.78 is 15.1. The van der Waals surface area contributed by atoms with E-state index in [1.807, 2.05) is 6.07 Å². The van der Waals surface area contributed by atoms with Gasteiger partial charge in [-0.2, -0.15) is 0 Å². The van der Waals surface area contributed by atoms with Gasteiger partial charge in [-0.1, -0.05) is 35.8 Å². The summed E-state index contributed by atoms with van der Waals surface area (Å²) in [7, 11) is 0. The number of halogens is 3. The fourth-order valence-corrected chi connectivity index (χ4v) is 5.17. The average Bonchev–Trinajstić information content (AvgIpc) is 3.22. The van der Waals surface area contributed by atoms with Crippen LogP contribution in [0.25, 0.3) is 0 Å².